The van der Waals surface area contributed by atoms with Gasteiger partial charge in [-0.25, -0.2) is 4.98 Å². The number of aryl methyl sites for hydroxylation is 1. The van der Waals surface area contributed by atoms with E-state index in [4.69, 9.17) is 4.74 Å². The summed E-state index contributed by atoms with van der Waals surface area (Å²) in [6.45, 7) is 2.93. The first-order valence-electron chi connectivity index (χ1n) is 10.8. The lowest BCUT2D eigenvalue weighted by atomic mass is 10.1. The second kappa shape index (κ2) is 9.99. The van der Waals surface area contributed by atoms with Gasteiger partial charge in [0.2, 0.25) is 0 Å². The average Bonchev–Trinajstić information content (AvgIpc) is 2.86. The number of para-hydroxylation sites is 2. The number of carbonyl (C=O) groups is 2. The van der Waals surface area contributed by atoms with Crippen molar-refractivity contribution in [1.29, 1.82) is 0 Å². The van der Waals surface area contributed by atoms with Crippen molar-refractivity contribution >= 4 is 22.7 Å². The quantitative estimate of drug-likeness (QED) is 0.434. The Balaban J connectivity index is 1.39. The van der Waals surface area contributed by atoms with Crippen molar-refractivity contribution in [3.8, 4) is 16.9 Å². The number of rotatable bonds is 6. The third-order valence-electron chi connectivity index (χ3n) is 5.41. The van der Waals surface area contributed by atoms with Gasteiger partial charge in [-0.05, 0) is 37.6 Å². The number of nitrogens with one attached hydrogen (secondary N) is 2. The number of amides is 2. The minimum absolute atomic E-state index is 0.297. The summed E-state index contributed by atoms with van der Waals surface area (Å²) in [5, 5.41) is 0.419. The molecule has 0 aliphatic heterocycles. The molecule has 0 saturated heterocycles. The van der Waals surface area contributed by atoms with Crippen LogP contribution in [0, 0.1) is 6.92 Å². The maximum atomic E-state index is 12.9. The first kappa shape index (κ1) is 22.7. The maximum absolute atomic E-state index is 12.9. The van der Waals surface area contributed by atoms with E-state index in [9.17, 15) is 14.4 Å². The average molecular weight is 457 g/mol. The van der Waals surface area contributed by atoms with Gasteiger partial charge in [0.05, 0.1) is 10.9 Å². The van der Waals surface area contributed by atoms with E-state index in [2.05, 4.69) is 15.8 Å². The fraction of sp³-hybridized carbons (Fsp3) is 0.154. The van der Waals surface area contributed by atoms with E-state index in [1.165, 1.54) is 4.57 Å². The monoisotopic (exact) mass is 456 g/mol. The summed E-state index contributed by atoms with van der Waals surface area (Å²) in [5.74, 6) is -0.143. The highest BCUT2D eigenvalue weighted by Crippen LogP contribution is 2.29. The van der Waals surface area contributed by atoms with Crippen LogP contribution in [0.1, 0.15) is 18.8 Å². The van der Waals surface area contributed by atoms with Crippen LogP contribution in [-0.4, -0.2) is 28.0 Å². The normalized spacial score (nSPS) is 11.6. The summed E-state index contributed by atoms with van der Waals surface area (Å²) in [5.41, 5.74) is 6.76. The van der Waals surface area contributed by atoms with Crippen molar-refractivity contribution in [1.82, 2.24) is 20.4 Å². The third-order valence-corrected chi connectivity index (χ3v) is 5.41. The zero-order valence-corrected chi connectivity index (χ0v) is 18.8. The summed E-state index contributed by atoms with van der Waals surface area (Å²) in [6, 6.07) is 23.1. The Morgan fingerprint density at radius 1 is 0.941 bits per heavy atom. The fourth-order valence-electron chi connectivity index (χ4n) is 3.69. The van der Waals surface area contributed by atoms with Crippen molar-refractivity contribution in [2.45, 2.75) is 19.9 Å². The van der Waals surface area contributed by atoms with Gasteiger partial charge >= 0.3 is 0 Å². The lowest BCUT2D eigenvalue weighted by Crippen LogP contribution is -2.47. The van der Waals surface area contributed by atoms with E-state index in [-0.39, 0.29) is 12.2 Å². The minimum atomic E-state index is -0.885. The van der Waals surface area contributed by atoms with Gasteiger partial charge in [-0.15, -0.1) is 0 Å². The number of carbonyl (C=O) groups excluding carboxylic acids is 2. The van der Waals surface area contributed by atoms with Crippen LogP contribution in [0.2, 0.25) is 0 Å². The minimum Gasteiger partial charge on any atom is -0.483 e. The number of hydrazine groups is 1. The molecule has 0 aliphatic rings. The highest BCUT2D eigenvalue weighted by molar-refractivity contribution is 5.85. The van der Waals surface area contributed by atoms with E-state index in [0.717, 1.165) is 11.1 Å². The lowest BCUT2D eigenvalue weighted by Gasteiger charge is -2.18. The van der Waals surface area contributed by atoms with Gasteiger partial charge in [0.15, 0.2) is 6.61 Å². The van der Waals surface area contributed by atoms with Gasteiger partial charge in [-0.3, -0.25) is 29.8 Å². The molecule has 0 unspecified atom stereocenters. The van der Waals surface area contributed by atoms with Crippen LogP contribution in [-0.2, 0) is 9.59 Å². The zero-order chi connectivity index (χ0) is 24.1. The summed E-state index contributed by atoms with van der Waals surface area (Å²) < 4.78 is 6.99. The Morgan fingerprint density at radius 2 is 1.62 bits per heavy atom. The molecule has 2 N–H and O–H groups in total. The first-order valence-corrected chi connectivity index (χ1v) is 10.8. The molecule has 8 heteroatoms. The molecule has 1 heterocycles. The van der Waals surface area contributed by atoms with Crippen LogP contribution in [0.5, 0.6) is 5.75 Å². The molecule has 1 aromatic heterocycles. The van der Waals surface area contributed by atoms with Crippen molar-refractivity contribution in [3.63, 3.8) is 0 Å². The van der Waals surface area contributed by atoms with Crippen LogP contribution in [0.3, 0.4) is 0 Å². The Morgan fingerprint density at radius 3 is 2.41 bits per heavy atom. The maximum Gasteiger partial charge on any atom is 0.276 e. The Bertz CT molecular complexity index is 1400. The van der Waals surface area contributed by atoms with Gasteiger partial charge < -0.3 is 4.74 Å². The topological polar surface area (TPSA) is 102 Å². The van der Waals surface area contributed by atoms with Gasteiger partial charge in [0, 0.05) is 5.56 Å². The van der Waals surface area contributed by atoms with Crippen molar-refractivity contribution in [2.24, 2.45) is 0 Å². The smallest absolute Gasteiger partial charge is 0.276 e. The number of hydrogen-bond donors (Lipinski definition) is 2. The standard InChI is InChI=1S/C26H24N4O4/c1-17(30-18(2)27-22-14-8-6-13-21(22)26(30)33)25(32)29-28-24(31)16-34-23-15-9-7-12-20(23)19-10-4-3-5-11-19/h3-15,17H,16H2,1-2H3,(H,28,31)(H,29,32)/t17-/m0/s1. The van der Waals surface area contributed by atoms with Gasteiger partial charge in [0.25, 0.3) is 17.4 Å². The SMILES string of the molecule is Cc1nc2ccccc2c(=O)n1[C@@H](C)C(=O)NNC(=O)COc1ccccc1-c1ccccc1. The number of benzene rings is 3. The summed E-state index contributed by atoms with van der Waals surface area (Å²) in [6.07, 6.45) is 0. The Kier molecular flexibility index (Phi) is 6.68. The molecule has 0 aliphatic carbocycles. The predicted molar refractivity (Wildman–Crippen MR) is 129 cm³/mol. The zero-order valence-electron chi connectivity index (χ0n) is 18.8. The molecular weight excluding hydrogens is 432 g/mol. The van der Waals surface area contributed by atoms with E-state index >= 15 is 0 Å². The molecule has 8 nitrogen and oxygen atoms in total. The fourth-order valence-corrected chi connectivity index (χ4v) is 3.69. The molecule has 172 valence electrons. The van der Waals surface area contributed by atoms with Crippen LogP contribution < -0.4 is 21.1 Å². The Labute approximate surface area is 196 Å². The molecule has 3 aromatic carbocycles. The summed E-state index contributed by atoms with van der Waals surface area (Å²) >= 11 is 0. The Hall–Kier alpha value is -4.46. The van der Waals surface area contributed by atoms with Crippen molar-refractivity contribution in [2.75, 3.05) is 6.61 Å². The molecule has 0 bridgehead atoms. The van der Waals surface area contributed by atoms with E-state index in [1.54, 1.807) is 44.2 Å². The van der Waals surface area contributed by atoms with Crippen LogP contribution in [0.4, 0.5) is 0 Å². The van der Waals surface area contributed by atoms with Gasteiger partial charge in [0.1, 0.15) is 17.6 Å². The molecule has 4 aromatic rings. The number of nitrogens with zero attached hydrogens (tertiary/aromatic N) is 2. The molecule has 0 fully saturated rings. The lowest BCUT2D eigenvalue weighted by molar-refractivity contribution is -0.131. The molecule has 0 radical (unpaired) electrons. The van der Waals surface area contributed by atoms with Gasteiger partial charge in [-0.2, -0.15) is 0 Å². The highest BCUT2D eigenvalue weighted by atomic mass is 16.5. The number of fused-ring (bicyclic) bond motifs is 1. The molecule has 2 amide bonds. The highest BCUT2D eigenvalue weighted by Gasteiger charge is 2.20. The van der Waals surface area contributed by atoms with E-state index in [1.807, 2.05) is 48.5 Å². The van der Waals surface area contributed by atoms with Crippen molar-refractivity contribution < 1.29 is 14.3 Å². The molecule has 4 rings (SSSR count). The number of ether oxygens (including phenoxy) is 1. The summed E-state index contributed by atoms with van der Waals surface area (Å²) in [4.78, 5) is 42.2. The third kappa shape index (κ3) is 4.80. The van der Waals surface area contributed by atoms with Crippen molar-refractivity contribution in [3.05, 3.63) is 95.0 Å². The molecule has 1 atom stereocenters. The van der Waals surface area contributed by atoms with Gasteiger partial charge in [-0.1, -0.05) is 60.7 Å². The van der Waals surface area contributed by atoms with E-state index < -0.39 is 17.9 Å². The molecule has 34 heavy (non-hydrogen) atoms. The number of hydrogen-bond acceptors (Lipinski definition) is 5. The first-order chi connectivity index (χ1) is 16.5. The van der Waals surface area contributed by atoms with Crippen LogP contribution >= 0.6 is 0 Å². The largest absolute Gasteiger partial charge is 0.483 e. The molecule has 0 saturated carbocycles. The second-order valence-corrected chi connectivity index (χ2v) is 7.72. The second-order valence-electron chi connectivity index (χ2n) is 7.72. The molecule has 0 spiro atoms. The van der Waals surface area contributed by atoms with Crippen LogP contribution in [0.15, 0.2) is 83.7 Å². The molecular formula is C26H24N4O4. The van der Waals surface area contributed by atoms with Crippen LogP contribution in [0.25, 0.3) is 22.0 Å². The summed E-state index contributed by atoms with van der Waals surface area (Å²) in [7, 11) is 0. The predicted octanol–water partition coefficient (Wildman–Crippen LogP) is 3.16. The number of aromatic nitrogens is 2. The van der Waals surface area contributed by atoms with E-state index in [0.29, 0.717) is 22.5 Å².